The Kier molecular flexibility index (Phi) is 14.4. The van der Waals surface area contributed by atoms with Crippen molar-refractivity contribution in [3.8, 4) is 0 Å². The molecule has 8 unspecified atom stereocenters. The number of methoxy groups -OCH3 is 1. The van der Waals surface area contributed by atoms with E-state index in [1.165, 1.54) is 0 Å². The van der Waals surface area contributed by atoms with Crippen molar-refractivity contribution in [3.05, 3.63) is 0 Å². The lowest BCUT2D eigenvalue weighted by atomic mass is 9.75. The van der Waals surface area contributed by atoms with Gasteiger partial charge in [-0.2, -0.15) is 0 Å². The second-order valence-corrected chi connectivity index (χ2v) is 18.1. The summed E-state index contributed by atoms with van der Waals surface area (Å²) in [7, 11) is 3.71. The first kappa shape index (κ1) is 43.8. The number of fused-ring (bicyclic) bond motifs is 2. The van der Waals surface area contributed by atoms with Crippen LogP contribution in [0.5, 0.6) is 0 Å². The highest BCUT2D eigenvalue weighted by atomic mass is 16.7. The lowest BCUT2D eigenvalue weighted by molar-refractivity contribution is -0.312. The molecule has 0 aliphatic carbocycles. The lowest BCUT2D eigenvalue weighted by Crippen LogP contribution is -2.61. The first-order valence-corrected chi connectivity index (χ1v) is 20.0. The van der Waals surface area contributed by atoms with Gasteiger partial charge >= 0.3 is 0 Å². The Morgan fingerprint density at radius 1 is 0.962 bits per heavy atom. The quantitative estimate of drug-likeness (QED) is 0.267. The lowest BCUT2D eigenvalue weighted by Gasteiger charge is -2.48. The van der Waals surface area contributed by atoms with Gasteiger partial charge in [0.2, 0.25) is 5.91 Å². The van der Waals surface area contributed by atoms with Crippen molar-refractivity contribution in [1.82, 2.24) is 10.2 Å². The van der Waals surface area contributed by atoms with Crippen molar-refractivity contribution in [2.75, 3.05) is 14.2 Å². The van der Waals surface area contributed by atoms with E-state index in [2.05, 4.69) is 31.0 Å². The molecule has 4 aliphatic rings. The molecular formula is C40H74N2O10. The fraction of sp³-hybridized carbons (Fsp3) is 0.975. The summed E-state index contributed by atoms with van der Waals surface area (Å²) in [5.41, 5.74) is -3.07. The SMILES string of the molecule is CCC[C@H]1NC(=O)[C@H](C)[C@@H](OC2CC(C)(OC)CC(C)O2)[C@H](C)[C@@H](OC2OC(C)CC(N(C)C(C)C)C2O)C2(C)C[C@@H](C)[C@@H](O2)[C@H](C)[C@@H](O)[C@]1(C)O. The summed E-state index contributed by atoms with van der Waals surface area (Å²) < 4.78 is 39.7. The average Bonchev–Trinajstić information content (AvgIpc) is 3.38. The number of hydrogen-bond acceptors (Lipinski definition) is 11. The van der Waals surface area contributed by atoms with Gasteiger partial charge in [0.05, 0.1) is 59.8 Å². The van der Waals surface area contributed by atoms with Gasteiger partial charge in [0.15, 0.2) is 12.6 Å². The molecule has 4 fully saturated rings. The highest BCUT2D eigenvalue weighted by Crippen LogP contribution is 2.47. The van der Waals surface area contributed by atoms with Gasteiger partial charge in [-0.25, -0.2) is 0 Å². The Labute approximate surface area is 313 Å². The van der Waals surface area contributed by atoms with Crippen LogP contribution in [-0.4, -0.2) is 131 Å². The molecule has 1 amide bonds. The van der Waals surface area contributed by atoms with Crippen LogP contribution in [0.4, 0.5) is 0 Å². The van der Waals surface area contributed by atoms with Gasteiger partial charge in [0, 0.05) is 43.9 Å². The molecular weight excluding hydrogens is 668 g/mol. The third kappa shape index (κ3) is 9.19. The van der Waals surface area contributed by atoms with Crippen molar-refractivity contribution in [1.29, 1.82) is 0 Å². The molecule has 4 rings (SSSR count). The number of rotatable bonds is 9. The maximum absolute atomic E-state index is 14.4. The van der Waals surface area contributed by atoms with E-state index in [1.807, 2.05) is 62.4 Å². The number of hydrogen-bond donors (Lipinski definition) is 4. The van der Waals surface area contributed by atoms with Crippen molar-refractivity contribution in [3.63, 3.8) is 0 Å². The smallest absolute Gasteiger partial charge is 0.225 e. The molecule has 0 aromatic carbocycles. The molecule has 2 bridgehead atoms. The predicted octanol–water partition coefficient (Wildman–Crippen LogP) is 4.39. The fourth-order valence-electron chi connectivity index (χ4n) is 9.80. The van der Waals surface area contributed by atoms with Crippen LogP contribution < -0.4 is 5.32 Å². The number of carbonyl (C=O) groups excluding carboxylic acids is 1. The van der Waals surface area contributed by atoms with Gasteiger partial charge in [0.25, 0.3) is 0 Å². The molecule has 12 heteroatoms. The number of likely N-dealkylation sites (N-methyl/N-ethyl adjacent to an activating group) is 1. The van der Waals surface area contributed by atoms with Crippen molar-refractivity contribution < 1.29 is 48.5 Å². The summed E-state index contributed by atoms with van der Waals surface area (Å²) in [6.45, 7) is 23.7. The van der Waals surface area contributed by atoms with Gasteiger partial charge in [-0.05, 0) is 80.7 Å². The molecule has 0 radical (unpaired) electrons. The van der Waals surface area contributed by atoms with Crippen molar-refractivity contribution in [2.45, 2.75) is 212 Å². The average molecular weight is 743 g/mol. The number of nitrogens with one attached hydrogen (secondary N) is 1. The number of ether oxygens (including phenoxy) is 6. The van der Waals surface area contributed by atoms with Crippen LogP contribution in [0.1, 0.15) is 122 Å². The van der Waals surface area contributed by atoms with Crippen LogP contribution in [0.25, 0.3) is 0 Å². The summed E-state index contributed by atoms with van der Waals surface area (Å²) in [5.74, 6) is -2.02. The Hall–Kier alpha value is -0.930. The minimum Gasteiger partial charge on any atom is -0.390 e. The Balaban J connectivity index is 1.84. The summed E-state index contributed by atoms with van der Waals surface area (Å²) >= 11 is 0. The third-order valence-corrected chi connectivity index (χ3v) is 13.1. The molecule has 4 N–H and O–H groups in total. The second kappa shape index (κ2) is 17.1. The van der Waals surface area contributed by atoms with Crippen LogP contribution in [0.15, 0.2) is 0 Å². The van der Waals surface area contributed by atoms with Crippen molar-refractivity contribution in [2.24, 2.45) is 23.7 Å². The van der Waals surface area contributed by atoms with Crippen LogP contribution in [0.3, 0.4) is 0 Å². The summed E-state index contributed by atoms with van der Waals surface area (Å²) in [6.07, 6.45) is -2.47. The first-order valence-electron chi connectivity index (χ1n) is 20.0. The monoisotopic (exact) mass is 743 g/mol. The summed E-state index contributed by atoms with van der Waals surface area (Å²) in [6, 6.07) is -0.723. The van der Waals surface area contributed by atoms with Crippen molar-refractivity contribution >= 4 is 5.91 Å². The summed E-state index contributed by atoms with van der Waals surface area (Å²) in [5, 5.41) is 38.8. The molecule has 4 saturated heterocycles. The molecule has 52 heavy (non-hydrogen) atoms. The van der Waals surface area contributed by atoms with Gasteiger partial charge in [-0.1, -0.05) is 41.0 Å². The van der Waals surface area contributed by atoms with E-state index < -0.39 is 83.7 Å². The molecule has 0 aromatic heterocycles. The molecule has 4 heterocycles. The summed E-state index contributed by atoms with van der Waals surface area (Å²) in [4.78, 5) is 16.6. The largest absolute Gasteiger partial charge is 0.390 e. The predicted molar refractivity (Wildman–Crippen MR) is 198 cm³/mol. The number of aliphatic hydroxyl groups excluding tert-OH is 2. The van der Waals surface area contributed by atoms with Gasteiger partial charge < -0.3 is 49.1 Å². The molecule has 18 atom stereocenters. The molecule has 0 saturated carbocycles. The molecule has 304 valence electrons. The van der Waals surface area contributed by atoms with E-state index >= 15 is 0 Å². The number of nitrogens with zero attached hydrogens (tertiary/aromatic N) is 1. The first-order chi connectivity index (χ1) is 24.1. The zero-order valence-corrected chi connectivity index (χ0v) is 34.6. The van der Waals surface area contributed by atoms with Crippen LogP contribution in [-0.2, 0) is 33.2 Å². The minimum absolute atomic E-state index is 0.0106. The molecule has 12 nitrogen and oxygen atoms in total. The maximum atomic E-state index is 14.4. The van der Waals surface area contributed by atoms with Gasteiger partial charge in [-0.15, -0.1) is 0 Å². The molecule has 4 aliphatic heterocycles. The highest BCUT2D eigenvalue weighted by Gasteiger charge is 2.57. The topological polar surface area (TPSA) is 148 Å². The Bertz CT molecular complexity index is 1180. The van der Waals surface area contributed by atoms with Crippen LogP contribution in [0, 0.1) is 23.7 Å². The van der Waals surface area contributed by atoms with Gasteiger partial charge in [0.1, 0.15) is 11.7 Å². The van der Waals surface area contributed by atoms with E-state index in [4.69, 9.17) is 28.4 Å². The number of amides is 1. The standard InChI is InChI=1S/C40H74N2O10/c1-15-16-29-40(12,46)34(44)25(7)32-22(4)18-39(11,52-32)35(51-37-31(43)28(17-23(5)49-37)42(13)21(2)3)26(8)33(27(9)36(45)41-29)50-30-20-38(10,47-14)19-24(6)48-30/h21-35,37,43-44,46H,15-20H2,1-14H3,(H,41,45)/t22-,23?,24?,25+,26+,27-,28?,29-,30?,31?,32-,33+,34-,35-,37?,38?,39?,40-/m1/s1. The van der Waals surface area contributed by atoms with E-state index in [0.717, 1.165) is 0 Å². The second-order valence-electron chi connectivity index (χ2n) is 18.1. The zero-order valence-electron chi connectivity index (χ0n) is 34.6. The van der Waals surface area contributed by atoms with Crippen LogP contribution in [0.2, 0.25) is 0 Å². The maximum Gasteiger partial charge on any atom is 0.225 e. The minimum atomic E-state index is -1.64. The fourth-order valence-corrected chi connectivity index (χ4v) is 9.80. The van der Waals surface area contributed by atoms with E-state index in [9.17, 15) is 20.1 Å². The van der Waals surface area contributed by atoms with E-state index in [0.29, 0.717) is 38.5 Å². The third-order valence-electron chi connectivity index (χ3n) is 13.1. The molecule has 0 spiro atoms. The number of aliphatic hydroxyl groups is 3. The normalized spacial score (nSPS) is 49.7. The molecule has 0 aromatic rings. The highest BCUT2D eigenvalue weighted by molar-refractivity contribution is 5.79. The van der Waals surface area contributed by atoms with Gasteiger partial charge in [-0.3, -0.25) is 9.69 Å². The Morgan fingerprint density at radius 3 is 2.21 bits per heavy atom. The van der Waals surface area contributed by atoms with E-state index in [1.54, 1.807) is 14.0 Å². The van der Waals surface area contributed by atoms with Crippen LogP contribution >= 0.6 is 0 Å². The Morgan fingerprint density at radius 2 is 1.62 bits per heavy atom. The zero-order chi connectivity index (χ0) is 39.1. The van der Waals surface area contributed by atoms with E-state index in [-0.39, 0.29) is 36.1 Å². The number of carbonyl (C=O) groups is 1.